The molecular formula is C17H21N5O2. The average Bonchev–Trinajstić information content (AvgIpc) is 2.98. The zero-order valence-corrected chi connectivity index (χ0v) is 13.7. The number of hydrogen-bond acceptors (Lipinski definition) is 4. The quantitative estimate of drug-likeness (QED) is 0.912. The molecule has 0 unspecified atom stereocenters. The summed E-state index contributed by atoms with van der Waals surface area (Å²) in [5.41, 5.74) is 1.66. The van der Waals surface area contributed by atoms with E-state index in [9.17, 15) is 9.59 Å². The molecule has 24 heavy (non-hydrogen) atoms. The zero-order chi connectivity index (χ0) is 16.7. The lowest BCUT2D eigenvalue weighted by Crippen LogP contribution is -2.49. The molecule has 0 bridgehead atoms. The Hall–Kier alpha value is -2.41. The predicted molar refractivity (Wildman–Crippen MR) is 91.0 cm³/mol. The second kappa shape index (κ2) is 5.90. The van der Waals surface area contributed by atoms with Gasteiger partial charge in [0.25, 0.3) is 0 Å². The number of hydrogen-bond donors (Lipinski definition) is 1. The topological polar surface area (TPSA) is 70.5 Å². The number of anilines is 1. The maximum atomic E-state index is 12.0. The summed E-state index contributed by atoms with van der Waals surface area (Å²) in [6, 6.07) is 5.91. The van der Waals surface area contributed by atoms with Gasteiger partial charge in [-0.1, -0.05) is 0 Å². The molecule has 126 valence electrons. The van der Waals surface area contributed by atoms with Crippen molar-refractivity contribution in [3.63, 3.8) is 0 Å². The van der Waals surface area contributed by atoms with E-state index < -0.39 is 0 Å². The van der Waals surface area contributed by atoms with Crippen molar-refractivity contribution in [1.82, 2.24) is 20.0 Å². The monoisotopic (exact) mass is 327 g/mol. The first-order valence-electron chi connectivity index (χ1n) is 8.39. The third kappa shape index (κ3) is 2.75. The van der Waals surface area contributed by atoms with E-state index in [2.05, 4.69) is 28.1 Å². The van der Waals surface area contributed by atoms with Crippen LogP contribution in [0.4, 0.5) is 10.5 Å². The fraction of sp³-hybridized carbons (Fsp3) is 0.471. The summed E-state index contributed by atoms with van der Waals surface area (Å²) in [4.78, 5) is 27.2. The van der Waals surface area contributed by atoms with Crippen LogP contribution in [0.2, 0.25) is 0 Å². The SMILES string of the molecule is CN1CCC(n2cc3ccc(N4CCC(=O)NC4=O)cc3n2)CC1. The number of nitrogens with zero attached hydrogens (tertiary/aromatic N) is 4. The number of carbonyl (C=O) groups is 2. The molecule has 2 saturated heterocycles. The summed E-state index contributed by atoms with van der Waals surface area (Å²) in [6.07, 6.45) is 4.63. The summed E-state index contributed by atoms with van der Waals surface area (Å²) in [5.74, 6) is -0.219. The summed E-state index contributed by atoms with van der Waals surface area (Å²) in [7, 11) is 2.15. The molecule has 4 rings (SSSR count). The first kappa shape index (κ1) is 15.1. The molecule has 0 atom stereocenters. The number of imide groups is 1. The average molecular weight is 327 g/mol. The van der Waals surface area contributed by atoms with Crippen LogP contribution in [0.1, 0.15) is 25.3 Å². The van der Waals surface area contributed by atoms with E-state index in [1.807, 2.05) is 18.2 Å². The normalized spacial score (nSPS) is 20.6. The van der Waals surface area contributed by atoms with Crippen LogP contribution in [0.25, 0.3) is 10.9 Å². The Morgan fingerprint density at radius 1 is 1.17 bits per heavy atom. The number of piperidine rings is 1. The number of amides is 3. The summed E-state index contributed by atoms with van der Waals surface area (Å²) in [6.45, 7) is 2.59. The molecule has 0 aliphatic carbocycles. The lowest BCUT2D eigenvalue weighted by molar-refractivity contribution is -0.120. The second-order valence-electron chi connectivity index (χ2n) is 6.64. The highest BCUT2D eigenvalue weighted by Gasteiger charge is 2.25. The van der Waals surface area contributed by atoms with Crippen molar-refractivity contribution in [1.29, 1.82) is 0 Å². The lowest BCUT2D eigenvalue weighted by Gasteiger charge is -2.28. The summed E-state index contributed by atoms with van der Waals surface area (Å²) in [5, 5.41) is 8.16. The van der Waals surface area contributed by atoms with E-state index in [1.165, 1.54) is 0 Å². The van der Waals surface area contributed by atoms with Gasteiger partial charge in [0.05, 0.1) is 11.6 Å². The fourth-order valence-corrected chi connectivity index (χ4v) is 3.45. The third-order valence-electron chi connectivity index (χ3n) is 4.94. The first-order valence-corrected chi connectivity index (χ1v) is 8.39. The van der Waals surface area contributed by atoms with E-state index in [1.54, 1.807) is 4.90 Å². The van der Waals surface area contributed by atoms with Gasteiger partial charge in [0.2, 0.25) is 5.91 Å². The maximum absolute atomic E-state index is 12.0. The highest BCUT2D eigenvalue weighted by Crippen LogP contribution is 2.26. The second-order valence-corrected chi connectivity index (χ2v) is 6.64. The Morgan fingerprint density at radius 3 is 2.71 bits per heavy atom. The highest BCUT2D eigenvalue weighted by atomic mass is 16.2. The summed E-state index contributed by atoms with van der Waals surface area (Å²) >= 11 is 0. The summed E-state index contributed by atoms with van der Waals surface area (Å²) < 4.78 is 2.07. The van der Waals surface area contributed by atoms with Crippen LogP contribution in [0.3, 0.4) is 0 Å². The van der Waals surface area contributed by atoms with Gasteiger partial charge in [-0.2, -0.15) is 5.10 Å². The number of aromatic nitrogens is 2. The van der Waals surface area contributed by atoms with Gasteiger partial charge in [-0.3, -0.25) is 19.7 Å². The number of fused-ring (bicyclic) bond motifs is 1. The van der Waals surface area contributed by atoms with Crippen molar-refractivity contribution in [2.45, 2.75) is 25.3 Å². The van der Waals surface area contributed by atoms with Crippen molar-refractivity contribution < 1.29 is 9.59 Å². The maximum Gasteiger partial charge on any atom is 0.328 e. The van der Waals surface area contributed by atoms with Crippen LogP contribution >= 0.6 is 0 Å². The molecule has 1 N–H and O–H groups in total. The zero-order valence-electron chi connectivity index (χ0n) is 13.7. The van der Waals surface area contributed by atoms with Crippen molar-refractivity contribution in [3.05, 3.63) is 24.4 Å². The smallest absolute Gasteiger partial charge is 0.306 e. The van der Waals surface area contributed by atoms with Crippen molar-refractivity contribution in [2.75, 3.05) is 31.6 Å². The molecule has 0 spiro atoms. The van der Waals surface area contributed by atoms with E-state index >= 15 is 0 Å². The number of likely N-dealkylation sites (tertiary alicyclic amines) is 1. The number of rotatable bonds is 2. The Bertz CT molecular complexity index is 791. The molecule has 2 aromatic rings. The van der Waals surface area contributed by atoms with Crippen LogP contribution in [0, 0.1) is 0 Å². The van der Waals surface area contributed by atoms with E-state index in [0.717, 1.165) is 42.5 Å². The molecule has 7 heteroatoms. The van der Waals surface area contributed by atoms with Crippen molar-refractivity contribution in [2.24, 2.45) is 0 Å². The van der Waals surface area contributed by atoms with Gasteiger partial charge in [-0.05, 0) is 51.2 Å². The fourth-order valence-electron chi connectivity index (χ4n) is 3.45. The van der Waals surface area contributed by atoms with Crippen LogP contribution in [-0.2, 0) is 4.79 Å². The Labute approximate surface area is 140 Å². The van der Waals surface area contributed by atoms with Gasteiger partial charge < -0.3 is 4.90 Å². The molecule has 2 fully saturated rings. The van der Waals surface area contributed by atoms with Crippen LogP contribution < -0.4 is 10.2 Å². The Kier molecular flexibility index (Phi) is 3.72. The minimum Gasteiger partial charge on any atom is -0.306 e. The van der Waals surface area contributed by atoms with Gasteiger partial charge in [0.1, 0.15) is 0 Å². The number of nitrogens with one attached hydrogen (secondary N) is 1. The molecule has 3 heterocycles. The van der Waals surface area contributed by atoms with E-state index in [-0.39, 0.29) is 11.9 Å². The first-order chi connectivity index (χ1) is 11.6. The van der Waals surface area contributed by atoms with E-state index in [0.29, 0.717) is 19.0 Å². The van der Waals surface area contributed by atoms with Crippen LogP contribution in [0.15, 0.2) is 24.4 Å². The van der Waals surface area contributed by atoms with Gasteiger partial charge in [-0.15, -0.1) is 0 Å². The minimum atomic E-state index is -0.361. The minimum absolute atomic E-state index is 0.219. The third-order valence-corrected chi connectivity index (χ3v) is 4.94. The molecule has 1 aromatic heterocycles. The largest absolute Gasteiger partial charge is 0.328 e. The van der Waals surface area contributed by atoms with Crippen molar-refractivity contribution >= 4 is 28.5 Å². The molecule has 2 aliphatic heterocycles. The van der Waals surface area contributed by atoms with Crippen molar-refractivity contribution in [3.8, 4) is 0 Å². The Morgan fingerprint density at radius 2 is 1.96 bits per heavy atom. The molecule has 1 aromatic carbocycles. The van der Waals surface area contributed by atoms with Gasteiger partial charge in [0.15, 0.2) is 0 Å². The molecule has 0 saturated carbocycles. The Balaban J connectivity index is 1.59. The van der Waals surface area contributed by atoms with E-state index in [4.69, 9.17) is 5.10 Å². The highest BCUT2D eigenvalue weighted by molar-refractivity contribution is 6.06. The number of urea groups is 1. The number of benzene rings is 1. The molecule has 3 amide bonds. The molecule has 7 nitrogen and oxygen atoms in total. The van der Waals surface area contributed by atoms with Crippen LogP contribution in [0.5, 0.6) is 0 Å². The van der Waals surface area contributed by atoms with Gasteiger partial charge in [0, 0.05) is 30.2 Å². The number of carbonyl (C=O) groups excluding carboxylic acids is 2. The predicted octanol–water partition coefficient (Wildman–Crippen LogP) is 1.75. The molecular weight excluding hydrogens is 306 g/mol. The van der Waals surface area contributed by atoms with Crippen LogP contribution in [-0.4, -0.2) is 53.3 Å². The molecule has 2 aliphatic rings. The standard InChI is InChI=1S/C17H21N5O2/c1-20-7-4-13(5-8-20)22-11-12-2-3-14(10-15(12)19-22)21-9-6-16(23)18-17(21)24/h2-3,10-11,13H,4-9H2,1H3,(H,18,23,24). The van der Waals surface area contributed by atoms with Gasteiger partial charge >= 0.3 is 6.03 Å². The lowest BCUT2D eigenvalue weighted by atomic mass is 10.1. The molecule has 0 radical (unpaired) electrons. The van der Waals surface area contributed by atoms with Gasteiger partial charge in [-0.25, -0.2) is 4.79 Å².